The van der Waals surface area contributed by atoms with E-state index in [1.807, 2.05) is 36.4 Å². The highest BCUT2D eigenvalue weighted by Crippen LogP contribution is 2.35. The molecule has 2 aromatic carbocycles. The van der Waals surface area contributed by atoms with Crippen LogP contribution in [0.25, 0.3) is 6.08 Å². The number of ether oxygens (including phenoxy) is 1. The van der Waals surface area contributed by atoms with Gasteiger partial charge in [-0.1, -0.05) is 48.5 Å². The number of ketones is 1. The third kappa shape index (κ3) is 2.70. The second-order valence-electron chi connectivity index (χ2n) is 5.30. The third-order valence-electron chi connectivity index (χ3n) is 3.70. The Morgan fingerprint density at radius 2 is 1.68 bits per heavy atom. The molecule has 1 aliphatic rings. The van der Waals surface area contributed by atoms with Crippen molar-refractivity contribution in [3.63, 3.8) is 0 Å². The second-order valence-corrected chi connectivity index (χ2v) is 5.30. The largest absolute Gasteiger partial charge is 0.475 e. The topological polar surface area (TPSA) is 26.3 Å². The summed E-state index contributed by atoms with van der Waals surface area (Å²) in [5, 5.41) is 0. The predicted octanol–water partition coefficient (Wildman–Crippen LogP) is 4.24. The van der Waals surface area contributed by atoms with Crippen LogP contribution >= 0.6 is 0 Å². The van der Waals surface area contributed by atoms with Gasteiger partial charge in [0, 0.05) is 11.6 Å². The zero-order valence-corrected chi connectivity index (χ0v) is 12.1. The fraction of sp³-hybridized carbons (Fsp3) is 0.105. The van der Waals surface area contributed by atoms with E-state index in [2.05, 4.69) is 0 Å². The normalized spacial score (nSPS) is 21.0. The minimum atomic E-state index is -1.09. The molecule has 1 unspecified atom stereocenters. The number of hydrogen-bond donors (Lipinski definition) is 0. The third-order valence-corrected chi connectivity index (χ3v) is 3.70. The minimum Gasteiger partial charge on any atom is -0.475 e. The van der Waals surface area contributed by atoms with Gasteiger partial charge in [0.1, 0.15) is 11.6 Å². The van der Waals surface area contributed by atoms with E-state index >= 15 is 0 Å². The summed E-state index contributed by atoms with van der Waals surface area (Å²) in [5.41, 5.74) is 0.567. The molecule has 0 saturated carbocycles. The molecule has 0 amide bonds. The molecule has 1 aliphatic heterocycles. The Balaban J connectivity index is 1.81. The van der Waals surface area contributed by atoms with E-state index in [0.717, 1.165) is 5.56 Å². The first kappa shape index (κ1) is 14.3. The number of allylic oxidation sites excluding steroid dienone is 1. The van der Waals surface area contributed by atoms with Crippen LogP contribution in [-0.4, -0.2) is 5.78 Å². The van der Waals surface area contributed by atoms with Crippen molar-refractivity contribution in [2.24, 2.45) is 0 Å². The highest BCUT2D eigenvalue weighted by atomic mass is 19.1. The molecular weight excluding hydrogens is 279 g/mol. The van der Waals surface area contributed by atoms with Gasteiger partial charge in [0.2, 0.25) is 5.78 Å². The smallest absolute Gasteiger partial charge is 0.207 e. The summed E-state index contributed by atoms with van der Waals surface area (Å²) in [6, 6.07) is 15.6. The number of halogens is 1. The van der Waals surface area contributed by atoms with E-state index < -0.39 is 5.60 Å². The number of hydrogen-bond acceptors (Lipinski definition) is 2. The molecule has 1 heterocycles. The van der Waals surface area contributed by atoms with Gasteiger partial charge in [0.05, 0.1) is 0 Å². The second kappa shape index (κ2) is 5.60. The van der Waals surface area contributed by atoms with Crippen molar-refractivity contribution in [2.45, 2.75) is 12.5 Å². The highest BCUT2D eigenvalue weighted by molar-refractivity contribution is 6.00. The lowest BCUT2D eigenvalue weighted by molar-refractivity contribution is -0.129. The molecule has 110 valence electrons. The number of rotatable bonds is 3. The Hall–Kier alpha value is -2.68. The van der Waals surface area contributed by atoms with Crippen molar-refractivity contribution in [3.05, 3.63) is 89.5 Å². The zero-order valence-electron chi connectivity index (χ0n) is 12.1. The molecular formula is C19H15FO2. The standard InChI is InChI=1S/C19H15FO2/c1-19(15-8-10-16(20)11-9-15)18(21)13-17(22-19)12-7-14-5-3-2-4-6-14/h2-13H,1H3. The fourth-order valence-electron chi connectivity index (χ4n) is 2.38. The maximum absolute atomic E-state index is 13.0. The van der Waals surface area contributed by atoms with Gasteiger partial charge in [-0.2, -0.15) is 0 Å². The predicted molar refractivity (Wildman–Crippen MR) is 83.4 cm³/mol. The minimum absolute atomic E-state index is 0.146. The van der Waals surface area contributed by atoms with Gasteiger partial charge < -0.3 is 4.74 Å². The van der Waals surface area contributed by atoms with Crippen LogP contribution in [0.15, 0.2) is 72.5 Å². The Morgan fingerprint density at radius 1 is 1.00 bits per heavy atom. The SMILES string of the molecule is CC1(c2ccc(F)cc2)OC(C=Cc2ccccc2)=CC1=O. The van der Waals surface area contributed by atoms with Gasteiger partial charge in [-0.15, -0.1) is 0 Å². The van der Waals surface area contributed by atoms with Crippen LogP contribution in [-0.2, 0) is 15.1 Å². The maximum atomic E-state index is 13.0. The van der Waals surface area contributed by atoms with Crippen molar-refractivity contribution in [3.8, 4) is 0 Å². The van der Waals surface area contributed by atoms with E-state index in [1.54, 1.807) is 25.1 Å². The first-order chi connectivity index (χ1) is 10.6. The lowest BCUT2D eigenvalue weighted by atomic mass is 9.92. The molecule has 1 atom stereocenters. The lowest BCUT2D eigenvalue weighted by Crippen LogP contribution is -2.29. The molecule has 0 bridgehead atoms. The molecule has 0 N–H and O–H groups in total. The summed E-state index contributed by atoms with van der Waals surface area (Å²) in [4.78, 5) is 12.3. The molecule has 2 aromatic rings. The van der Waals surface area contributed by atoms with Crippen LogP contribution in [0, 0.1) is 5.82 Å². The summed E-state index contributed by atoms with van der Waals surface area (Å²) < 4.78 is 18.8. The highest BCUT2D eigenvalue weighted by Gasteiger charge is 2.41. The molecule has 3 heteroatoms. The first-order valence-corrected chi connectivity index (χ1v) is 7.02. The van der Waals surface area contributed by atoms with Gasteiger partial charge in [0.25, 0.3) is 0 Å². The van der Waals surface area contributed by atoms with Gasteiger partial charge in [-0.05, 0) is 30.7 Å². The number of carbonyl (C=O) groups excluding carboxylic acids is 1. The number of benzene rings is 2. The van der Waals surface area contributed by atoms with E-state index in [1.165, 1.54) is 18.2 Å². The quantitative estimate of drug-likeness (QED) is 0.846. The van der Waals surface area contributed by atoms with Crippen LogP contribution in [0.3, 0.4) is 0 Å². The molecule has 0 saturated heterocycles. The maximum Gasteiger partial charge on any atom is 0.207 e. The van der Waals surface area contributed by atoms with Crippen molar-refractivity contribution >= 4 is 11.9 Å². The average Bonchev–Trinajstić information content (AvgIpc) is 2.83. The number of carbonyl (C=O) groups is 1. The van der Waals surface area contributed by atoms with Crippen LogP contribution in [0.1, 0.15) is 18.1 Å². The Kier molecular flexibility index (Phi) is 3.63. The van der Waals surface area contributed by atoms with Crippen LogP contribution in [0.5, 0.6) is 0 Å². The lowest BCUT2D eigenvalue weighted by Gasteiger charge is -2.23. The van der Waals surface area contributed by atoms with Gasteiger partial charge >= 0.3 is 0 Å². The zero-order chi connectivity index (χ0) is 15.6. The van der Waals surface area contributed by atoms with Crippen molar-refractivity contribution in [1.82, 2.24) is 0 Å². The van der Waals surface area contributed by atoms with Crippen LogP contribution in [0.4, 0.5) is 4.39 Å². The molecule has 0 radical (unpaired) electrons. The molecule has 0 aromatic heterocycles. The van der Waals surface area contributed by atoms with E-state index in [-0.39, 0.29) is 11.6 Å². The van der Waals surface area contributed by atoms with Gasteiger partial charge in [-0.25, -0.2) is 4.39 Å². The summed E-state index contributed by atoms with van der Waals surface area (Å²) >= 11 is 0. The molecule has 0 spiro atoms. The summed E-state index contributed by atoms with van der Waals surface area (Å²) in [7, 11) is 0. The molecule has 2 nitrogen and oxygen atoms in total. The molecule has 0 aliphatic carbocycles. The fourth-order valence-corrected chi connectivity index (χ4v) is 2.38. The molecule has 3 rings (SSSR count). The average molecular weight is 294 g/mol. The van der Waals surface area contributed by atoms with E-state index in [9.17, 15) is 9.18 Å². The van der Waals surface area contributed by atoms with E-state index in [0.29, 0.717) is 11.3 Å². The van der Waals surface area contributed by atoms with Gasteiger partial charge in [0.15, 0.2) is 5.60 Å². The van der Waals surface area contributed by atoms with Crippen molar-refractivity contribution in [1.29, 1.82) is 0 Å². The van der Waals surface area contributed by atoms with Crippen LogP contribution in [0.2, 0.25) is 0 Å². The van der Waals surface area contributed by atoms with Crippen molar-refractivity contribution in [2.75, 3.05) is 0 Å². The van der Waals surface area contributed by atoms with Crippen molar-refractivity contribution < 1.29 is 13.9 Å². The Labute approximate surface area is 128 Å². The molecule has 22 heavy (non-hydrogen) atoms. The summed E-state index contributed by atoms with van der Waals surface area (Å²) in [6.07, 6.45) is 5.13. The summed E-state index contributed by atoms with van der Waals surface area (Å²) in [5.74, 6) is 0.0162. The summed E-state index contributed by atoms with van der Waals surface area (Å²) in [6.45, 7) is 1.70. The van der Waals surface area contributed by atoms with E-state index in [4.69, 9.17) is 4.74 Å². The molecule has 0 fully saturated rings. The Bertz CT molecular complexity index is 745. The van der Waals surface area contributed by atoms with Gasteiger partial charge in [-0.3, -0.25) is 4.79 Å². The first-order valence-electron chi connectivity index (χ1n) is 7.02. The van der Waals surface area contributed by atoms with Crippen LogP contribution < -0.4 is 0 Å². The monoisotopic (exact) mass is 294 g/mol. The Morgan fingerprint density at radius 3 is 2.36 bits per heavy atom.